The SMILES string of the molecule is Cc1nc([C@@H]2CCOC2)cc(N(CCO)Cc2nccn2C)n1. The molecule has 23 heavy (non-hydrogen) atoms. The zero-order chi connectivity index (χ0) is 16.2. The molecule has 0 saturated carbocycles. The van der Waals surface area contributed by atoms with Gasteiger partial charge in [-0.1, -0.05) is 0 Å². The number of anilines is 1. The van der Waals surface area contributed by atoms with Crippen LogP contribution in [0.25, 0.3) is 0 Å². The van der Waals surface area contributed by atoms with Crippen molar-refractivity contribution in [2.24, 2.45) is 7.05 Å². The second-order valence-corrected chi connectivity index (χ2v) is 5.86. The van der Waals surface area contributed by atoms with Crippen LogP contribution >= 0.6 is 0 Å². The summed E-state index contributed by atoms with van der Waals surface area (Å²) in [5.74, 6) is 2.84. The molecule has 0 bridgehead atoms. The first kappa shape index (κ1) is 15.9. The van der Waals surface area contributed by atoms with Gasteiger partial charge in [-0.3, -0.25) is 0 Å². The van der Waals surface area contributed by atoms with Gasteiger partial charge in [0.15, 0.2) is 0 Å². The molecule has 1 aliphatic heterocycles. The van der Waals surface area contributed by atoms with Gasteiger partial charge in [0.2, 0.25) is 0 Å². The summed E-state index contributed by atoms with van der Waals surface area (Å²) < 4.78 is 7.45. The molecule has 0 aliphatic carbocycles. The summed E-state index contributed by atoms with van der Waals surface area (Å²) in [5, 5.41) is 9.41. The molecule has 0 spiro atoms. The molecule has 7 heteroatoms. The van der Waals surface area contributed by atoms with E-state index in [4.69, 9.17) is 4.74 Å². The second kappa shape index (κ2) is 7.06. The fourth-order valence-electron chi connectivity index (χ4n) is 2.83. The number of rotatable bonds is 6. The van der Waals surface area contributed by atoms with Crippen molar-refractivity contribution in [3.05, 3.63) is 35.8 Å². The molecule has 2 aromatic heterocycles. The molecule has 3 rings (SSSR count). The first-order valence-electron chi connectivity index (χ1n) is 7.92. The summed E-state index contributed by atoms with van der Waals surface area (Å²) >= 11 is 0. The van der Waals surface area contributed by atoms with Crippen molar-refractivity contribution in [1.82, 2.24) is 19.5 Å². The third-order valence-corrected chi connectivity index (χ3v) is 4.14. The van der Waals surface area contributed by atoms with E-state index in [0.29, 0.717) is 19.0 Å². The van der Waals surface area contributed by atoms with Crippen molar-refractivity contribution in [1.29, 1.82) is 0 Å². The van der Waals surface area contributed by atoms with E-state index in [2.05, 4.69) is 15.0 Å². The first-order chi connectivity index (χ1) is 11.2. The third kappa shape index (κ3) is 3.68. The maximum atomic E-state index is 9.41. The molecule has 1 atom stereocenters. The minimum absolute atomic E-state index is 0.0648. The van der Waals surface area contributed by atoms with Gasteiger partial charge in [0.1, 0.15) is 17.5 Å². The minimum atomic E-state index is 0.0648. The fourth-order valence-corrected chi connectivity index (χ4v) is 2.83. The average Bonchev–Trinajstić information content (AvgIpc) is 3.18. The molecule has 0 aromatic carbocycles. The van der Waals surface area contributed by atoms with Crippen molar-refractivity contribution in [3.63, 3.8) is 0 Å². The Morgan fingerprint density at radius 1 is 1.43 bits per heavy atom. The zero-order valence-electron chi connectivity index (χ0n) is 13.6. The Bertz CT molecular complexity index is 652. The van der Waals surface area contributed by atoms with E-state index in [1.54, 1.807) is 6.20 Å². The fraction of sp³-hybridized carbons (Fsp3) is 0.562. The molecule has 124 valence electrons. The Kier molecular flexibility index (Phi) is 4.88. The largest absolute Gasteiger partial charge is 0.395 e. The lowest BCUT2D eigenvalue weighted by Gasteiger charge is -2.23. The molecule has 2 aromatic rings. The number of ether oxygens (including phenoxy) is 1. The van der Waals surface area contributed by atoms with Crippen molar-refractivity contribution in [2.75, 3.05) is 31.3 Å². The van der Waals surface area contributed by atoms with Gasteiger partial charge in [-0.05, 0) is 13.3 Å². The van der Waals surface area contributed by atoms with Crippen molar-refractivity contribution in [3.8, 4) is 0 Å². The predicted octanol–water partition coefficient (Wildman–Crippen LogP) is 1.02. The van der Waals surface area contributed by atoms with Gasteiger partial charge in [-0.15, -0.1) is 0 Å². The molecule has 0 unspecified atom stereocenters. The summed E-state index contributed by atoms with van der Waals surface area (Å²) in [5.41, 5.74) is 1.02. The van der Waals surface area contributed by atoms with Crippen molar-refractivity contribution < 1.29 is 9.84 Å². The van der Waals surface area contributed by atoms with Crippen LogP contribution in [-0.4, -0.2) is 51.0 Å². The number of aromatic nitrogens is 4. The van der Waals surface area contributed by atoms with Crippen LogP contribution in [-0.2, 0) is 18.3 Å². The number of aliphatic hydroxyl groups excluding tert-OH is 1. The van der Waals surface area contributed by atoms with Gasteiger partial charge in [-0.2, -0.15) is 0 Å². The highest BCUT2D eigenvalue weighted by atomic mass is 16.5. The number of nitrogens with zero attached hydrogens (tertiary/aromatic N) is 5. The molecule has 1 fully saturated rings. The summed E-state index contributed by atoms with van der Waals surface area (Å²) in [6.07, 6.45) is 4.69. The van der Waals surface area contributed by atoms with Crippen molar-refractivity contribution >= 4 is 5.82 Å². The number of imidazole rings is 1. The molecule has 0 amide bonds. The minimum Gasteiger partial charge on any atom is -0.395 e. The van der Waals surface area contributed by atoms with Crippen LogP contribution in [0.4, 0.5) is 5.82 Å². The van der Waals surface area contributed by atoms with Crippen molar-refractivity contribution in [2.45, 2.75) is 25.8 Å². The lowest BCUT2D eigenvalue weighted by molar-refractivity contribution is 0.193. The number of hydrogen-bond donors (Lipinski definition) is 1. The van der Waals surface area contributed by atoms with Crippen LogP contribution < -0.4 is 4.90 Å². The van der Waals surface area contributed by atoms with Gasteiger partial charge >= 0.3 is 0 Å². The van der Waals surface area contributed by atoms with Gasteiger partial charge in [0.05, 0.1) is 25.5 Å². The van der Waals surface area contributed by atoms with Crippen LogP contribution in [0.15, 0.2) is 18.5 Å². The van der Waals surface area contributed by atoms with Gasteiger partial charge in [0.25, 0.3) is 0 Å². The lowest BCUT2D eigenvalue weighted by Crippen LogP contribution is -2.29. The average molecular weight is 317 g/mol. The standard InChI is InChI=1S/C16H23N5O2/c1-12-18-14(13-3-8-23-11-13)9-15(19-12)21(6-7-22)10-16-17-4-5-20(16)2/h4-5,9,13,22H,3,6-8,10-11H2,1-2H3/t13-/m1/s1. The Balaban J connectivity index is 1.87. The normalized spacial score (nSPS) is 17.6. The van der Waals surface area contributed by atoms with Crippen LogP contribution in [0, 0.1) is 6.92 Å². The smallest absolute Gasteiger partial charge is 0.133 e. The van der Waals surface area contributed by atoms with E-state index < -0.39 is 0 Å². The van der Waals surface area contributed by atoms with Gasteiger partial charge in [0, 0.05) is 44.6 Å². The summed E-state index contributed by atoms with van der Waals surface area (Å²) in [6, 6.07) is 2.02. The highest BCUT2D eigenvalue weighted by Gasteiger charge is 2.21. The monoisotopic (exact) mass is 317 g/mol. The molecule has 1 aliphatic rings. The lowest BCUT2D eigenvalue weighted by atomic mass is 10.0. The van der Waals surface area contributed by atoms with E-state index in [9.17, 15) is 5.11 Å². The molecular formula is C16H23N5O2. The molecule has 7 nitrogen and oxygen atoms in total. The van der Waals surface area contributed by atoms with Gasteiger partial charge in [-0.25, -0.2) is 15.0 Å². The Morgan fingerprint density at radius 2 is 2.30 bits per heavy atom. The Labute approximate surface area is 136 Å². The van der Waals surface area contributed by atoms with Crippen LogP contribution in [0.1, 0.15) is 29.7 Å². The Hall–Kier alpha value is -1.99. The van der Waals surface area contributed by atoms with E-state index >= 15 is 0 Å². The topological polar surface area (TPSA) is 76.3 Å². The Morgan fingerprint density at radius 3 is 2.96 bits per heavy atom. The maximum absolute atomic E-state index is 9.41. The molecule has 0 radical (unpaired) electrons. The number of hydrogen-bond acceptors (Lipinski definition) is 6. The van der Waals surface area contributed by atoms with E-state index in [0.717, 1.165) is 42.8 Å². The quantitative estimate of drug-likeness (QED) is 0.857. The molecular weight excluding hydrogens is 294 g/mol. The van der Waals surface area contributed by atoms with Crippen LogP contribution in [0.5, 0.6) is 0 Å². The second-order valence-electron chi connectivity index (χ2n) is 5.86. The molecule has 1 saturated heterocycles. The maximum Gasteiger partial charge on any atom is 0.133 e. The highest BCUT2D eigenvalue weighted by Crippen LogP contribution is 2.26. The number of aliphatic hydroxyl groups is 1. The zero-order valence-corrected chi connectivity index (χ0v) is 13.6. The third-order valence-electron chi connectivity index (χ3n) is 4.14. The van der Waals surface area contributed by atoms with E-state index in [1.165, 1.54) is 0 Å². The van der Waals surface area contributed by atoms with Crippen LogP contribution in [0.2, 0.25) is 0 Å². The van der Waals surface area contributed by atoms with E-state index in [1.807, 2.05) is 35.7 Å². The summed E-state index contributed by atoms with van der Waals surface area (Å²) in [7, 11) is 1.96. The van der Waals surface area contributed by atoms with Gasteiger partial charge < -0.3 is 19.3 Å². The van der Waals surface area contributed by atoms with E-state index in [-0.39, 0.29) is 6.61 Å². The van der Waals surface area contributed by atoms with Crippen LogP contribution in [0.3, 0.4) is 0 Å². The highest BCUT2D eigenvalue weighted by molar-refractivity contribution is 5.41. The first-order valence-corrected chi connectivity index (χ1v) is 7.92. The predicted molar refractivity (Wildman–Crippen MR) is 86.3 cm³/mol. The molecule has 3 heterocycles. The summed E-state index contributed by atoms with van der Waals surface area (Å²) in [4.78, 5) is 15.5. The number of aryl methyl sites for hydroxylation is 2. The molecule has 1 N–H and O–H groups in total. The summed E-state index contributed by atoms with van der Waals surface area (Å²) in [6.45, 7) is 4.58.